The van der Waals surface area contributed by atoms with Gasteiger partial charge in [0, 0.05) is 23.2 Å². The molecule has 0 unspecified atom stereocenters. The lowest BCUT2D eigenvalue weighted by atomic mass is 10.2. The third-order valence-electron chi connectivity index (χ3n) is 3.40. The number of aromatic nitrogens is 4. The molecule has 0 aliphatic rings. The Morgan fingerprint density at radius 3 is 2.61 bits per heavy atom. The zero-order valence-electron chi connectivity index (χ0n) is 13.3. The Bertz CT molecular complexity index is 780. The van der Waals surface area contributed by atoms with E-state index >= 15 is 0 Å². The van der Waals surface area contributed by atoms with Crippen LogP contribution in [-0.4, -0.2) is 26.9 Å². The van der Waals surface area contributed by atoms with Crippen molar-refractivity contribution < 1.29 is 4.74 Å². The number of aryl methyl sites for hydroxylation is 1. The maximum Gasteiger partial charge on any atom is 0.191 e. The first-order valence-electron chi connectivity index (χ1n) is 7.32. The molecule has 23 heavy (non-hydrogen) atoms. The van der Waals surface area contributed by atoms with Crippen molar-refractivity contribution >= 4 is 23.1 Å². The van der Waals surface area contributed by atoms with E-state index in [1.165, 1.54) is 0 Å². The third-order valence-corrected chi connectivity index (χ3v) is 5.22. The summed E-state index contributed by atoms with van der Waals surface area (Å²) in [5.41, 5.74) is 2.13. The Kier molecular flexibility index (Phi) is 4.97. The Balaban J connectivity index is 1.81. The molecule has 0 aliphatic heterocycles. The Morgan fingerprint density at radius 2 is 2.00 bits per heavy atom. The molecule has 0 atom stereocenters. The van der Waals surface area contributed by atoms with Gasteiger partial charge in [0.05, 0.1) is 17.8 Å². The summed E-state index contributed by atoms with van der Waals surface area (Å²) in [6.07, 6.45) is 0. The van der Waals surface area contributed by atoms with Gasteiger partial charge < -0.3 is 9.30 Å². The van der Waals surface area contributed by atoms with Gasteiger partial charge in [-0.05, 0) is 38.1 Å². The predicted octanol–water partition coefficient (Wildman–Crippen LogP) is 4.03. The van der Waals surface area contributed by atoms with E-state index in [-0.39, 0.29) is 0 Å². The summed E-state index contributed by atoms with van der Waals surface area (Å²) in [4.78, 5) is 4.49. The van der Waals surface area contributed by atoms with Crippen LogP contribution in [0.5, 0.6) is 5.75 Å². The van der Waals surface area contributed by atoms with Gasteiger partial charge in [-0.3, -0.25) is 0 Å². The summed E-state index contributed by atoms with van der Waals surface area (Å²) in [5.74, 6) is 2.53. The fourth-order valence-electron chi connectivity index (χ4n) is 2.25. The maximum atomic E-state index is 5.20. The van der Waals surface area contributed by atoms with Crippen LogP contribution in [0, 0.1) is 6.92 Å². The average Bonchev–Trinajstić information content (AvgIpc) is 3.18. The lowest BCUT2D eigenvalue weighted by Crippen LogP contribution is -2.00. The minimum absolute atomic E-state index is 0.811. The van der Waals surface area contributed by atoms with Gasteiger partial charge in [0.25, 0.3) is 0 Å². The molecule has 120 valence electrons. The highest BCUT2D eigenvalue weighted by Gasteiger charge is 2.13. The van der Waals surface area contributed by atoms with Gasteiger partial charge >= 0.3 is 0 Å². The fraction of sp³-hybridized carbons (Fsp3) is 0.312. The highest BCUT2D eigenvalue weighted by Crippen LogP contribution is 2.27. The van der Waals surface area contributed by atoms with Crippen molar-refractivity contribution in [2.45, 2.75) is 31.3 Å². The normalized spacial score (nSPS) is 10.9. The molecule has 3 rings (SSSR count). The van der Waals surface area contributed by atoms with Gasteiger partial charge in [-0.25, -0.2) is 4.98 Å². The predicted molar refractivity (Wildman–Crippen MR) is 94.1 cm³/mol. The molecule has 3 aromatic rings. The molecule has 0 fully saturated rings. The zero-order valence-corrected chi connectivity index (χ0v) is 14.9. The van der Waals surface area contributed by atoms with Crippen LogP contribution in [0.25, 0.3) is 11.4 Å². The van der Waals surface area contributed by atoms with E-state index in [9.17, 15) is 0 Å². The molecule has 0 spiro atoms. The highest BCUT2D eigenvalue weighted by atomic mass is 32.2. The number of thioether (sulfide) groups is 1. The van der Waals surface area contributed by atoms with E-state index in [1.54, 1.807) is 30.2 Å². The van der Waals surface area contributed by atoms with E-state index < -0.39 is 0 Å². The number of hydrogen-bond acceptors (Lipinski definition) is 6. The molecule has 7 heteroatoms. The van der Waals surface area contributed by atoms with Crippen LogP contribution in [-0.2, 0) is 12.3 Å². The first kappa shape index (κ1) is 16.0. The summed E-state index contributed by atoms with van der Waals surface area (Å²) in [6, 6.07) is 7.89. The molecule has 0 saturated carbocycles. The van der Waals surface area contributed by atoms with Crippen molar-refractivity contribution in [1.82, 2.24) is 19.7 Å². The summed E-state index contributed by atoms with van der Waals surface area (Å²) in [6.45, 7) is 4.95. The SMILES string of the molecule is CCn1c(SCc2csc(C)n2)nnc1-c1ccc(OC)cc1. The second-order valence-electron chi connectivity index (χ2n) is 4.93. The summed E-state index contributed by atoms with van der Waals surface area (Å²) >= 11 is 3.35. The molecule has 0 N–H and O–H groups in total. The molecular weight excluding hydrogens is 328 g/mol. The number of rotatable bonds is 6. The van der Waals surface area contributed by atoms with Crippen LogP contribution in [0.1, 0.15) is 17.6 Å². The topological polar surface area (TPSA) is 52.8 Å². The Hall–Kier alpha value is -1.86. The number of thiazole rings is 1. The van der Waals surface area contributed by atoms with Crippen LogP contribution >= 0.6 is 23.1 Å². The van der Waals surface area contributed by atoms with E-state index in [0.29, 0.717) is 0 Å². The van der Waals surface area contributed by atoms with E-state index in [4.69, 9.17) is 4.74 Å². The van der Waals surface area contributed by atoms with Crippen molar-refractivity contribution in [2.24, 2.45) is 0 Å². The van der Waals surface area contributed by atoms with Crippen molar-refractivity contribution in [3.8, 4) is 17.1 Å². The molecule has 0 saturated heterocycles. The first-order chi connectivity index (χ1) is 11.2. The Labute approximate surface area is 143 Å². The fourth-order valence-corrected chi connectivity index (χ4v) is 3.86. The average molecular weight is 346 g/mol. The molecule has 1 aromatic carbocycles. The van der Waals surface area contributed by atoms with Crippen molar-refractivity contribution in [3.63, 3.8) is 0 Å². The first-order valence-corrected chi connectivity index (χ1v) is 9.19. The quantitative estimate of drug-likeness (QED) is 0.631. The number of hydrogen-bond donors (Lipinski definition) is 0. The zero-order chi connectivity index (χ0) is 16.2. The number of methoxy groups -OCH3 is 1. The molecule has 0 radical (unpaired) electrons. The molecule has 5 nitrogen and oxygen atoms in total. The van der Waals surface area contributed by atoms with E-state index in [2.05, 4.69) is 32.1 Å². The second kappa shape index (κ2) is 7.14. The molecular formula is C16H18N4OS2. The molecule has 0 amide bonds. The highest BCUT2D eigenvalue weighted by molar-refractivity contribution is 7.98. The van der Waals surface area contributed by atoms with Crippen LogP contribution in [0.4, 0.5) is 0 Å². The van der Waals surface area contributed by atoms with Crippen LogP contribution in [0.15, 0.2) is 34.8 Å². The summed E-state index contributed by atoms with van der Waals surface area (Å²) in [5, 5.41) is 12.8. The van der Waals surface area contributed by atoms with Crippen molar-refractivity contribution in [1.29, 1.82) is 0 Å². The van der Waals surface area contributed by atoms with Crippen molar-refractivity contribution in [3.05, 3.63) is 40.3 Å². The number of nitrogens with zero attached hydrogens (tertiary/aromatic N) is 4. The number of benzene rings is 1. The largest absolute Gasteiger partial charge is 0.497 e. The van der Waals surface area contributed by atoms with Gasteiger partial charge in [0.2, 0.25) is 0 Å². The van der Waals surface area contributed by atoms with Gasteiger partial charge in [0.15, 0.2) is 11.0 Å². The monoisotopic (exact) mass is 346 g/mol. The minimum Gasteiger partial charge on any atom is -0.497 e. The Morgan fingerprint density at radius 1 is 1.22 bits per heavy atom. The number of ether oxygens (including phenoxy) is 1. The maximum absolute atomic E-state index is 5.20. The van der Waals surface area contributed by atoms with Crippen LogP contribution < -0.4 is 4.74 Å². The summed E-state index contributed by atoms with van der Waals surface area (Å²) < 4.78 is 7.33. The standard InChI is InChI=1S/C16H18N4OS2/c1-4-20-15(12-5-7-14(21-3)8-6-12)18-19-16(20)23-10-13-9-22-11(2)17-13/h5-9H,4,10H2,1-3H3. The smallest absolute Gasteiger partial charge is 0.191 e. The van der Waals surface area contributed by atoms with Crippen LogP contribution in [0.3, 0.4) is 0 Å². The van der Waals surface area contributed by atoms with Gasteiger partial charge in [-0.15, -0.1) is 21.5 Å². The van der Waals surface area contributed by atoms with Gasteiger partial charge in [0.1, 0.15) is 5.75 Å². The van der Waals surface area contributed by atoms with E-state index in [0.717, 1.165) is 45.3 Å². The molecule has 0 bridgehead atoms. The van der Waals surface area contributed by atoms with Crippen LogP contribution in [0.2, 0.25) is 0 Å². The molecule has 0 aliphatic carbocycles. The van der Waals surface area contributed by atoms with Gasteiger partial charge in [-0.2, -0.15) is 0 Å². The lowest BCUT2D eigenvalue weighted by molar-refractivity contribution is 0.415. The summed E-state index contributed by atoms with van der Waals surface area (Å²) in [7, 11) is 1.67. The lowest BCUT2D eigenvalue weighted by Gasteiger charge is -2.07. The molecule has 2 aromatic heterocycles. The van der Waals surface area contributed by atoms with Crippen molar-refractivity contribution in [2.75, 3.05) is 7.11 Å². The third kappa shape index (κ3) is 3.56. The second-order valence-corrected chi connectivity index (χ2v) is 6.93. The van der Waals surface area contributed by atoms with E-state index in [1.807, 2.05) is 31.2 Å². The molecule has 2 heterocycles. The van der Waals surface area contributed by atoms with Gasteiger partial charge in [-0.1, -0.05) is 11.8 Å². The minimum atomic E-state index is 0.811.